The number of ether oxygens (including phenoxy) is 2. The fraction of sp³-hybridized carbons (Fsp3) is 0.500. The highest BCUT2D eigenvalue weighted by molar-refractivity contribution is 5.86. The van der Waals surface area contributed by atoms with Crippen LogP contribution in [0.4, 0.5) is 15.0 Å². The highest BCUT2D eigenvalue weighted by Crippen LogP contribution is 2.21. The number of carbonyl (C=O) groups excluding carboxylic acids is 2. The molecule has 0 saturated carbocycles. The maximum Gasteiger partial charge on any atom is 0.415 e. The lowest BCUT2D eigenvalue weighted by Gasteiger charge is -2.20. The van der Waals surface area contributed by atoms with Crippen LogP contribution in [0.1, 0.15) is 19.4 Å². The van der Waals surface area contributed by atoms with E-state index in [0.717, 1.165) is 11.0 Å². The summed E-state index contributed by atoms with van der Waals surface area (Å²) in [5, 5.41) is 2.63. The minimum absolute atomic E-state index is 0.00243. The first-order valence-corrected chi connectivity index (χ1v) is 6.74. The number of nitrogens with zero attached hydrogens (tertiary/aromatic N) is 2. The Labute approximate surface area is 128 Å². The molecule has 0 fully saturated rings. The second-order valence-electron chi connectivity index (χ2n) is 4.78. The maximum atomic E-state index is 13.9. The van der Waals surface area contributed by atoms with Crippen molar-refractivity contribution in [1.29, 1.82) is 0 Å². The van der Waals surface area contributed by atoms with Crippen molar-refractivity contribution in [1.82, 2.24) is 10.3 Å². The van der Waals surface area contributed by atoms with Gasteiger partial charge in [-0.15, -0.1) is 0 Å². The van der Waals surface area contributed by atoms with Crippen LogP contribution in [0.2, 0.25) is 0 Å². The van der Waals surface area contributed by atoms with E-state index in [9.17, 15) is 14.0 Å². The van der Waals surface area contributed by atoms with Gasteiger partial charge in [0, 0.05) is 13.2 Å². The lowest BCUT2D eigenvalue weighted by atomic mass is 10.2. The number of likely N-dealkylation sites (N-methyl/N-ethyl adjacent to an activating group) is 1. The summed E-state index contributed by atoms with van der Waals surface area (Å²) in [5.41, 5.74) is 0.00941. The van der Waals surface area contributed by atoms with E-state index in [-0.39, 0.29) is 30.6 Å². The summed E-state index contributed by atoms with van der Waals surface area (Å²) in [6, 6.07) is 1.13. The molecule has 22 heavy (non-hydrogen) atoms. The average molecular weight is 313 g/mol. The van der Waals surface area contributed by atoms with Crippen LogP contribution in [0.25, 0.3) is 0 Å². The molecular formula is C14H20FN3O4. The molecule has 0 spiro atoms. The fourth-order valence-corrected chi connectivity index (χ4v) is 1.60. The molecule has 0 aliphatic carbocycles. The Bertz CT molecular complexity index is 537. The molecule has 0 aliphatic rings. The standard InChI is InChI=1S/C14H20FN3O4/c1-9(2)22-14(20)18(4)13-10(11(15)5-6-17-13)8-21-12(19)7-16-3/h5-6,9,16H,7-8H2,1-4H3. The van der Waals surface area contributed by atoms with E-state index in [2.05, 4.69) is 10.3 Å². The molecule has 0 aromatic carbocycles. The Morgan fingerprint density at radius 3 is 2.73 bits per heavy atom. The van der Waals surface area contributed by atoms with E-state index < -0.39 is 17.9 Å². The van der Waals surface area contributed by atoms with Crippen LogP contribution in [0, 0.1) is 5.82 Å². The van der Waals surface area contributed by atoms with Crippen molar-refractivity contribution in [2.75, 3.05) is 25.5 Å². The number of rotatable bonds is 6. The van der Waals surface area contributed by atoms with Gasteiger partial charge in [-0.25, -0.2) is 14.2 Å². The van der Waals surface area contributed by atoms with Crippen LogP contribution in [-0.4, -0.2) is 43.8 Å². The van der Waals surface area contributed by atoms with Gasteiger partial charge in [0.05, 0.1) is 18.2 Å². The van der Waals surface area contributed by atoms with Gasteiger partial charge in [0.25, 0.3) is 0 Å². The fourth-order valence-electron chi connectivity index (χ4n) is 1.60. The molecule has 0 atom stereocenters. The lowest BCUT2D eigenvalue weighted by Crippen LogP contribution is -2.31. The minimum atomic E-state index is -0.670. The van der Waals surface area contributed by atoms with Gasteiger partial charge in [-0.1, -0.05) is 0 Å². The summed E-state index contributed by atoms with van der Waals surface area (Å²) < 4.78 is 23.9. The normalized spacial score (nSPS) is 10.5. The first kappa shape index (κ1) is 17.8. The second kappa shape index (κ2) is 8.28. The van der Waals surface area contributed by atoms with Crippen LogP contribution in [0.15, 0.2) is 12.3 Å². The minimum Gasteiger partial charge on any atom is -0.460 e. The van der Waals surface area contributed by atoms with Crippen LogP contribution >= 0.6 is 0 Å². The molecule has 0 bridgehead atoms. The second-order valence-corrected chi connectivity index (χ2v) is 4.78. The van der Waals surface area contributed by atoms with Crippen LogP contribution < -0.4 is 10.2 Å². The summed E-state index contributed by atoms with van der Waals surface area (Å²) in [5.74, 6) is -1.11. The monoisotopic (exact) mass is 313 g/mol. The Hall–Kier alpha value is -2.22. The molecule has 8 heteroatoms. The zero-order valence-corrected chi connectivity index (χ0v) is 13.1. The first-order valence-electron chi connectivity index (χ1n) is 6.74. The third-order valence-corrected chi connectivity index (χ3v) is 2.60. The van der Waals surface area contributed by atoms with Crippen molar-refractivity contribution in [3.63, 3.8) is 0 Å². The first-order chi connectivity index (χ1) is 10.4. The lowest BCUT2D eigenvalue weighted by molar-refractivity contribution is -0.143. The summed E-state index contributed by atoms with van der Waals surface area (Å²) in [6.07, 6.45) is 0.235. The number of halogens is 1. The third kappa shape index (κ3) is 4.96. The molecule has 122 valence electrons. The predicted octanol–water partition coefficient (Wildman–Crippen LogP) is 1.46. The van der Waals surface area contributed by atoms with Crippen molar-refractivity contribution < 1.29 is 23.5 Å². The molecule has 1 heterocycles. The summed E-state index contributed by atoms with van der Waals surface area (Å²) >= 11 is 0. The number of pyridine rings is 1. The average Bonchev–Trinajstić information content (AvgIpc) is 2.44. The maximum absolute atomic E-state index is 13.9. The van der Waals surface area contributed by atoms with E-state index in [4.69, 9.17) is 9.47 Å². The molecule has 0 aliphatic heterocycles. The van der Waals surface area contributed by atoms with Crippen LogP contribution in [0.3, 0.4) is 0 Å². The summed E-state index contributed by atoms with van der Waals surface area (Å²) in [7, 11) is 3.00. The van der Waals surface area contributed by atoms with E-state index in [0.29, 0.717) is 0 Å². The molecular weight excluding hydrogens is 293 g/mol. The highest BCUT2D eigenvalue weighted by atomic mass is 19.1. The van der Waals surface area contributed by atoms with Gasteiger partial charge in [-0.2, -0.15) is 0 Å². The van der Waals surface area contributed by atoms with Gasteiger partial charge in [0.15, 0.2) is 0 Å². The molecule has 0 unspecified atom stereocenters. The molecule has 0 saturated heterocycles. The van der Waals surface area contributed by atoms with Crippen molar-refractivity contribution in [2.24, 2.45) is 0 Å². The van der Waals surface area contributed by atoms with Gasteiger partial charge in [0.1, 0.15) is 18.2 Å². The van der Waals surface area contributed by atoms with Gasteiger partial charge in [0.2, 0.25) is 0 Å². The van der Waals surface area contributed by atoms with Gasteiger partial charge >= 0.3 is 12.1 Å². The molecule has 1 amide bonds. The van der Waals surface area contributed by atoms with Crippen molar-refractivity contribution in [3.8, 4) is 0 Å². The van der Waals surface area contributed by atoms with E-state index in [1.165, 1.54) is 13.2 Å². The van der Waals surface area contributed by atoms with Crippen LogP contribution in [-0.2, 0) is 20.9 Å². The number of hydrogen-bond donors (Lipinski definition) is 1. The third-order valence-electron chi connectivity index (χ3n) is 2.60. The van der Waals surface area contributed by atoms with E-state index in [1.807, 2.05) is 0 Å². The molecule has 1 rings (SSSR count). The number of aromatic nitrogens is 1. The quantitative estimate of drug-likeness (QED) is 0.801. The SMILES string of the molecule is CNCC(=O)OCc1c(F)ccnc1N(C)C(=O)OC(C)C. The molecule has 0 radical (unpaired) electrons. The molecule has 1 aromatic heterocycles. The van der Waals surface area contributed by atoms with Gasteiger partial charge in [-0.3, -0.25) is 9.69 Å². The number of nitrogens with one attached hydrogen (secondary N) is 1. The molecule has 1 aromatic rings. The predicted molar refractivity (Wildman–Crippen MR) is 77.9 cm³/mol. The smallest absolute Gasteiger partial charge is 0.415 e. The largest absolute Gasteiger partial charge is 0.460 e. The van der Waals surface area contributed by atoms with Gasteiger partial charge < -0.3 is 14.8 Å². The Kier molecular flexibility index (Phi) is 6.71. The van der Waals surface area contributed by atoms with Crippen LogP contribution in [0.5, 0.6) is 0 Å². The topological polar surface area (TPSA) is 80.8 Å². The number of anilines is 1. The molecule has 1 N–H and O–H groups in total. The molecule has 7 nitrogen and oxygen atoms in total. The number of carbonyl (C=O) groups is 2. The Morgan fingerprint density at radius 2 is 2.14 bits per heavy atom. The zero-order chi connectivity index (χ0) is 16.7. The Balaban J connectivity index is 2.93. The summed E-state index contributed by atoms with van der Waals surface area (Å²) in [4.78, 5) is 28.3. The number of hydrogen-bond acceptors (Lipinski definition) is 6. The highest BCUT2D eigenvalue weighted by Gasteiger charge is 2.21. The van der Waals surface area contributed by atoms with Crippen molar-refractivity contribution >= 4 is 17.9 Å². The zero-order valence-electron chi connectivity index (χ0n) is 13.1. The Morgan fingerprint density at radius 1 is 1.45 bits per heavy atom. The van der Waals surface area contributed by atoms with Gasteiger partial charge in [-0.05, 0) is 27.0 Å². The van der Waals surface area contributed by atoms with Crippen molar-refractivity contribution in [3.05, 3.63) is 23.6 Å². The van der Waals surface area contributed by atoms with Crippen molar-refractivity contribution in [2.45, 2.75) is 26.6 Å². The number of amides is 1. The number of esters is 1. The van der Waals surface area contributed by atoms with E-state index in [1.54, 1.807) is 20.9 Å². The summed E-state index contributed by atoms with van der Waals surface area (Å²) in [6.45, 7) is 3.08. The van der Waals surface area contributed by atoms with E-state index >= 15 is 0 Å².